The van der Waals surface area contributed by atoms with Crippen molar-refractivity contribution >= 4 is 11.9 Å². The topological polar surface area (TPSA) is 57.6 Å². The largest absolute Gasteiger partial charge is 0.481 e. The molecule has 1 N–H and O–H groups in total. The van der Waals surface area contributed by atoms with Crippen LogP contribution in [0.25, 0.3) is 0 Å². The highest BCUT2D eigenvalue weighted by Gasteiger charge is 2.24. The van der Waals surface area contributed by atoms with E-state index in [-0.39, 0.29) is 18.2 Å². The summed E-state index contributed by atoms with van der Waals surface area (Å²) < 4.78 is 0. The molecule has 0 aromatic rings. The Hall–Kier alpha value is -1.32. The first-order valence-electron chi connectivity index (χ1n) is 9.18. The lowest BCUT2D eigenvalue weighted by atomic mass is 9.95. The number of carboxylic acids is 1. The first-order valence-corrected chi connectivity index (χ1v) is 9.18. The van der Waals surface area contributed by atoms with E-state index in [4.69, 9.17) is 5.11 Å². The zero-order valence-electron chi connectivity index (χ0n) is 15.2. The van der Waals surface area contributed by atoms with Gasteiger partial charge in [-0.2, -0.15) is 0 Å². The molecule has 0 saturated carbocycles. The molecule has 0 aliphatic heterocycles. The summed E-state index contributed by atoms with van der Waals surface area (Å²) in [6, 6.07) is 0. The Morgan fingerprint density at radius 1 is 1.00 bits per heavy atom. The van der Waals surface area contributed by atoms with Crippen LogP contribution in [0.5, 0.6) is 0 Å². The molecule has 0 rings (SSSR count). The Bertz CT molecular complexity index is 349. The third-order valence-electron chi connectivity index (χ3n) is 4.25. The molecule has 1 atom stereocenters. The fraction of sp³-hybridized carbons (Fsp3) is 0.789. The molecule has 134 valence electrons. The average Bonchev–Trinajstić information content (AvgIpc) is 2.52. The van der Waals surface area contributed by atoms with Crippen LogP contribution in [-0.2, 0) is 9.59 Å². The molecule has 0 aromatic heterocycles. The highest BCUT2D eigenvalue weighted by Crippen LogP contribution is 2.18. The van der Waals surface area contributed by atoms with Crippen molar-refractivity contribution < 1.29 is 14.7 Å². The number of carbonyl (C=O) groups excluding carboxylic acids is 1. The zero-order valence-corrected chi connectivity index (χ0v) is 15.2. The van der Waals surface area contributed by atoms with Crippen LogP contribution >= 0.6 is 0 Å². The lowest BCUT2D eigenvalue weighted by molar-refractivity contribution is -0.144. The van der Waals surface area contributed by atoms with Gasteiger partial charge < -0.3 is 10.0 Å². The monoisotopic (exact) mass is 325 g/mol. The summed E-state index contributed by atoms with van der Waals surface area (Å²) in [7, 11) is 0. The van der Waals surface area contributed by atoms with Gasteiger partial charge in [-0.1, -0.05) is 44.3 Å². The maximum absolute atomic E-state index is 12.4. The molecule has 0 bridgehead atoms. The fourth-order valence-corrected chi connectivity index (χ4v) is 2.84. The Labute approximate surface area is 141 Å². The molecule has 0 saturated heterocycles. The summed E-state index contributed by atoms with van der Waals surface area (Å²) in [6.45, 7) is 7.22. The summed E-state index contributed by atoms with van der Waals surface area (Å²) in [4.78, 5) is 25.1. The molecule has 0 aromatic carbocycles. The number of aliphatic carboxylic acids is 1. The summed E-state index contributed by atoms with van der Waals surface area (Å²) in [5, 5.41) is 9.03. The Balaban J connectivity index is 4.02. The van der Waals surface area contributed by atoms with Crippen LogP contribution in [-0.4, -0.2) is 35.0 Å². The summed E-state index contributed by atoms with van der Waals surface area (Å²) in [6.07, 6.45) is 13.0. The van der Waals surface area contributed by atoms with Crippen LogP contribution in [0.2, 0.25) is 0 Å². The van der Waals surface area contributed by atoms with Crippen LogP contribution in [0.15, 0.2) is 12.2 Å². The molecular weight excluding hydrogens is 290 g/mol. The van der Waals surface area contributed by atoms with Crippen molar-refractivity contribution in [1.82, 2.24) is 4.90 Å². The van der Waals surface area contributed by atoms with E-state index in [2.05, 4.69) is 12.2 Å². The number of carbonyl (C=O) groups is 2. The summed E-state index contributed by atoms with van der Waals surface area (Å²) in [5.74, 6) is -1.23. The van der Waals surface area contributed by atoms with Gasteiger partial charge in [0.05, 0.1) is 6.42 Å². The van der Waals surface area contributed by atoms with Crippen molar-refractivity contribution in [2.75, 3.05) is 13.1 Å². The molecule has 0 heterocycles. The maximum Gasteiger partial charge on any atom is 0.304 e. The number of rotatable bonds is 14. The number of carboxylic acid groups (broad SMARTS) is 1. The number of nitrogens with zero attached hydrogens (tertiary/aromatic N) is 1. The van der Waals surface area contributed by atoms with E-state index < -0.39 is 5.97 Å². The van der Waals surface area contributed by atoms with Gasteiger partial charge in [-0.25, -0.2) is 0 Å². The average molecular weight is 325 g/mol. The molecule has 0 aliphatic rings. The minimum Gasteiger partial charge on any atom is -0.481 e. The molecule has 0 radical (unpaired) electrons. The van der Waals surface area contributed by atoms with Crippen molar-refractivity contribution in [2.24, 2.45) is 5.92 Å². The van der Waals surface area contributed by atoms with E-state index in [1.54, 1.807) is 4.90 Å². The lowest BCUT2D eigenvalue weighted by Crippen LogP contribution is -2.36. The molecule has 23 heavy (non-hydrogen) atoms. The molecule has 0 fully saturated rings. The van der Waals surface area contributed by atoms with Crippen LogP contribution in [0.1, 0.15) is 78.6 Å². The lowest BCUT2D eigenvalue weighted by Gasteiger charge is -2.24. The van der Waals surface area contributed by atoms with Gasteiger partial charge in [0.1, 0.15) is 0 Å². The SMILES string of the molecule is C/C=C/CCCCCCCCC(CC(=O)O)C(=O)N(CC)CC. The molecule has 4 nitrogen and oxygen atoms in total. The van der Waals surface area contributed by atoms with E-state index in [0.29, 0.717) is 19.5 Å². The highest BCUT2D eigenvalue weighted by atomic mass is 16.4. The van der Waals surface area contributed by atoms with Crippen LogP contribution in [0.4, 0.5) is 0 Å². The second-order valence-electron chi connectivity index (χ2n) is 6.07. The van der Waals surface area contributed by atoms with E-state index in [9.17, 15) is 9.59 Å². The number of unbranched alkanes of at least 4 members (excludes halogenated alkanes) is 6. The van der Waals surface area contributed by atoms with Crippen molar-refractivity contribution in [3.63, 3.8) is 0 Å². The zero-order chi connectivity index (χ0) is 17.5. The first-order chi connectivity index (χ1) is 11.1. The van der Waals surface area contributed by atoms with E-state index in [0.717, 1.165) is 19.3 Å². The number of hydrogen-bond donors (Lipinski definition) is 1. The minimum atomic E-state index is -0.875. The van der Waals surface area contributed by atoms with Gasteiger partial charge in [0.15, 0.2) is 0 Å². The van der Waals surface area contributed by atoms with Crippen LogP contribution in [0, 0.1) is 5.92 Å². The molecular formula is C19H35NO3. The van der Waals surface area contributed by atoms with Gasteiger partial charge in [-0.15, -0.1) is 0 Å². The van der Waals surface area contributed by atoms with Crippen molar-refractivity contribution in [3.8, 4) is 0 Å². The van der Waals surface area contributed by atoms with Gasteiger partial charge in [-0.3, -0.25) is 9.59 Å². The number of hydrogen-bond acceptors (Lipinski definition) is 2. The van der Waals surface area contributed by atoms with E-state index >= 15 is 0 Å². The van der Waals surface area contributed by atoms with Gasteiger partial charge in [0.2, 0.25) is 5.91 Å². The standard InChI is InChI=1S/C19H35NO3/c1-4-7-8-9-10-11-12-13-14-15-17(16-18(21)22)19(23)20(5-2)6-3/h4,7,17H,5-6,8-16H2,1-3H3,(H,21,22)/b7-4+. The third-order valence-corrected chi connectivity index (χ3v) is 4.25. The molecule has 4 heteroatoms. The third kappa shape index (κ3) is 10.9. The van der Waals surface area contributed by atoms with Gasteiger partial charge in [-0.05, 0) is 40.0 Å². The quantitative estimate of drug-likeness (QED) is 0.374. The number of amides is 1. The van der Waals surface area contributed by atoms with Crippen molar-refractivity contribution in [1.29, 1.82) is 0 Å². The van der Waals surface area contributed by atoms with Crippen LogP contribution in [0.3, 0.4) is 0 Å². The first kappa shape index (κ1) is 21.7. The van der Waals surface area contributed by atoms with Crippen LogP contribution < -0.4 is 0 Å². The predicted octanol–water partition coefficient (Wildman–Crippen LogP) is 4.64. The van der Waals surface area contributed by atoms with E-state index in [1.165, 1.54) is 25.7 Å². The second-order valence-corrected chi connectivity index (χ2v) is 6.07. The van der Waals surface area contributed by atoms with Gasteiger partial charge in [0.25, 0.3) is 0 Å². The highest BCUT2D eigenvalue weighted by molar-refractivity contribution is 5.83. The van der Waals surface area contributed by atoms with Crippen molar-refractivity contribution in [2.45, 2.75) is 78.6 Å². The Morgan fingerprint density at radius 3 is 2.09 bits per heavy atom. The Morgan fingerprint density at radius 2 is 1.57 bits per heavy atom. The fourth-order valence-electron chi connectivity index (χ4n) is 2.84. The molecule has 0 spiro atoms. The van der Waals surface area contributed by atoms with Crippen molar-refractivity contribution in [3.05, 3.63) is 12.2 Å². The van der Waals surface area contributed by atoms with Gasteiger partial charge >= 0.3 is 5.97 Å². The van der Waals surface area contributed by atoms with Gasteiger partial charge in [0, 0.05) is 19.0 Å². The molecule has 1 amide bonds. The summed E-state index contributed by atoms with van der Waals surface area (Å²) >= 11 is 0. The Kier molecular flexibility index (Phi) is 13.5. The predicted molar refractivity (Wildman–Crippen MR) is 95.4 cm³/mol. The normalized spacial score (nSPS) is 12.5. The molecule has 1 unspecified atom stereocenters. The maximum atomic E-state index is 12.4. The smallest absolute Gasteiger partial charge is 0.304 e. The number of allylic oxidation sites excluding steroid dienone is 2. The minimum absolute atomic E-state index is 0.00347. The summed E-state index contributed by atoms with van der Waals surface area (Å²) in [5.41, 5.74) is 0. The van der Waals surface area contributed by atoms with E-state index in [1.807, 2.05) is 20.8 Å². The second kappa shape index (κ2) is 14.3. The molecule has 0 aliphatic carbocycles.